The minimum Gasteiger partial charge on any atom is -0.391 e. The first-order chi connectivity index (χ1) is 10.9. The highest BCUT2D eigenvalue weighted by Crippen LogP contribution is 2.31. The topological polar surface area (TPSA) is 24.8 Å². The maximum atomic E-state index is 12.8. The summed E-state index contributed by atoms with van der Waals surface area (Å²) in [5.74, 6) is 0.369. The lowest BCUT2D eigenvalue weighted by atomic mass is 9.91. The molecule has 1 saturated heterocycles. The minimum atomic E-state index is -4.29. The molecule has 2 atom stereocenters. The molecule has 2 aliphatic heterocycles. The number of alkyl halides is 3. The summed E-state index contributed by atoms with van der Waals surface area (Å²) >= 11 is 3.35. The summed E-state index contributed by atoms with van der Waals surface area (Å²) in [4.78, 5) is 7.64. The van der Waals surface area contributed by atoms with Crippen molar-refractivity contribution in [2.45, 2.75) is 38.1 Å². The van der Waals surface area contributed by atoms with E-state index in [1.54, 1.807) is 6.07 Å². The molecule has 2 heterocycles. The van der Waals surface area contributed by atoms with Crippen molar-refractivity contribution in [3.63, 3.8) is 0 Å². The predicted octanol–water partition coefficient (Wildman–Crippen LogP) is 4.41. The molecule has 3 rings (SSSR count). The molecule has 7 heteroatoms. The molecule has 1 fully saturated rings. The Morgan fingerprint density at radius 1 is 1.35 bits per heavy atom. The van der Waals surface area contributed by atoms with Crippen LogP contribution in [0.1, 0.15) is 30.4 Å². The second-order valence-corrected chi connectivity index (χ2v) is 7.07. The van der Waals surface area contributed by atoms with Gasteiger partial charge in [-0.3, -0.25) is 4.90 Å². The van der Waals surface area contributed by atoms with E-state index < -0.39 is 11.7 Å². The van der Waals surface area contributed by atoms with Crippen molar-refractivity contribution in [3.8, 4) is 0 Å². The number of piperidine rings is 1. The van der Waals surface area contributed by atoms with E-state index in [0.29, 0.717) is 18.0 Å². The molecule has 126 valence electrons. The van der Waals surface area contributed by atoms with Gasteiger partial charge in [0.15, 0.2) is 0 Å². The molecule has 0 N–H and O–H groups in total. The highest BCUT2D eigenvalue weighted by Gasteiger charge is 2.33. The van der Waals surface area contributed by atoms with E-state index in [1.807, 2.05) is 0 Å². The van der Waals surface area contributed by atoms with Crippen LogP contribution in [-0.2, 0) is 17.6 Å². The Balaban J connectivity index is 1.62. The highest BCUT2D eigenvalue weighted by molar-refractivity contribution is 9.18. The van der Waals surface area contributed by atoms with Gasteiger partial charge in [0, 0.05) is 25.4 Å². The summed E-state index contributed by atoms with van der Waals surface area (Å²) in [7, 11) is 0. The van der Waals surface area contributed by atoms with Gasteiger partial charge in [-0.05, 0) is 46.9 Å². The average Bonchev–Trinajstić information content (AvgIpc) is 2.94. The van der Waals surface area contributed by atoms with Gasteiger partial charge in [0.25, 0.3) is 0 Å². The fourth-order valence-electron chi connectivity index (χ4n) is 3.26. The van der Waals surface area contributed by atoms with E-state index in [4.69, 9.17) is 4.84 Å². The molecule has 3 nitrogen and oxygen atoms in total. The molecular weight excluding hydrogens is 373 g/mol. The van der Waals surface area contributed by atoms with Gasteiger partial charge < -0.3 is 4.84 Å². The van der Waals surface area contributed by atoms with Crippen molar-refractivity contribution in [2.24, 2.45) is 11.1 Å². The summed E-state index contributed by atoms with van der Waals surface area (Å²) in [5.41, 5.74) is 0.116. The van der Waals surface area contributed by atoms with E-state index in [9.17, 15) is 13.2 Å². The van der Waals surface area contributed by atoms with E-state index in [2.05, 4.69) is 26.0 Å². The first-order valence-electron chi connectivity index (χ1n) is 7.68. The van der Waals surface area contributed by atoms with E-state index in [0.717, 1.165) is 43.0 Å². The van der Waals surface area contributed by atoms with Gasteiger partial charge in [-0.15, -0.1) is 0 Å². The van der Waals surface area contributed by atoms with Crippen LogP contribution < -0.4 is 0 Å². The van der Waals surface area contributed by atoms with Gasteiger partial charge in [-0.2, -0.15) is 13.2 Å². The Bertz CT molecular complexity index is 591. The smallest absolute Gasteiger partial charge is 0.391 e. The molecular formula is C16H18BrF3N2O. The molecule has 0 spiro atoms. The first kappa shape index (κ1) is 16.8. The molecule has 0 aromatic heterocycles. The SMILES string of the molecule is FC(F)(F)c1cccc(CN2CCC[C@H]([C@H]3CC(Br)=NO3)C2)c1. The van der Waals surface area contributed by atoms with Crippen LogP contribution >= 0.6 is 15.9 Å². The lowest BCUT2D eigenvalue weighted by Gasteiger charge is -2.34. The van der Waals surface area contributed by atoms with Gasteiger partial charge in [0.05, 0.1) is 5.56 Å². The molecule has 23 heavy (non-hydrogen) atoms. The molecule has 0 aliphatic carbocycles. The van der Waals surface area contributed by atoms with Crippen LogP contribution in [0.4, 0.5) is 13.2 Å². The number of hydrogen-bond donors (Lipinski definition) is 0. The zero-order chi connectivity index (χ0) is 16.4. The molecule has 1 aromatic carbocycles. The van der Waals surface area contributed by atoms with Crippen LogP contribution in [0, 0.1) is 5.92 Å². The van der Waals surface area contributed by atoms with Crippen molar-refractivity contribution in [3.05, 3.63) is 35.4 Å². The van der Waals surface area contributed by atoms with E-state index in [1.165, 1.54) is 12.1 Å². The largest absolute Gasteiger partial charge is 0.416 e. The Kier molecular flexibility index (Phi) is 4.96. The normalized spacial score (nSPS) is 26.0. The van der Waals surface area contributed by atoms with Crippen molar-refractivity contribution >= 4 is 20.6 Å². The zero-order valence-corrected chi connectivity index (χ0v) is 14.1. The number of benzene rings is 1. The third kappa shape index (κ3) is 4.26. The van der Waals surface area contributed by atoms with Crippen molar-refractivity contribution in [1.82, 2.24) is 4.90 Å². The fraction of sp³-hybridized carbons (Fsp3) is 0.562. The Hall–Kier alpha value is -1.08. The molecule has 0 amide bonds. The lowest BCUT2D eigenvalue weighted by molar-refractivity contribution is -0.137. The zero-order valence-electron chi connectivity index (χ0n) is 12.5. The third-order valence-electron chi connectivity index (χ3n) is 4.39. The predicted molar refractivity (Wildman–Crippen MR) is 85.3 cm³/mol. The number of nitrogens with zero attached hydrogens (tertiary/aromatic N) is 2. The molecule has 2 aliphatic rings. The summed E-state index contributed by atoms with van der Waals surface area (Å²) in [5, 5.41) is 3.93. The Morgan fingerprint density at radius 2 is 2.17 bits per heavy atom. The summed E-state index contributed by atoms with van der Waals surface area (Å²) in [6.45, 7) is 2.27. The summed E-state index contributed by atoms with van der Waals surface area (Å²) < 4.78 is 39.2. The van der Waals surface area contributed by atoms with Crippen LogP contribution in [0.15, 0.2) is 29.4 Å². The molecule has 0 bridgehead atoms. The average molecular weight is 391 g/mol. The Labute approximate surface area is 141 Å². The van der Waals surface area contributed by atoms with Crippen LogP contribution in [0.5, 0.6) is 0 Å². The second-order valence-electron chi connectivity index (χ2n) is 6.15. The summed E-state index contributed by atoms with van der Waals surface area (Å²) in [6.07, 6.45) is -1.33. The van der Waals surface area contributed by atoms with Gasteiger partial charge in [0.1, 0.15) is 10.7 Å². The molecule has 0 unspecified atom stereocenters. The van der Waals surface area contributed by atoms with Crippen LogP contribution in [0.25, 0.3) is 0 Å². The standard InChI is InChI=1S/C16H18BrF3N2O/c17-15-8-14(23-21-15)12-4-2-6-22(10-12)9-11-3-1-5-13(7-11)16(18,19)20/h1,3,5,7,12,14H,2,4,6,8-10H2/t12-,14+/m0/s1. The highest BCUT2D eigenvalue weighted by atomic mass is 79.9. The number of halogens is 4. The van der Waals surface area contributed by atoms with Gasteiger partial charge in [-0.25, -0.2) is 0 Å². The van der Waals surface area contributed by atoms with Crippen LogP contribution in [0.3, 0.4) is 0 Å². The summed E-state index contributed by atoms with van der Waals surface area (Å²) in [6, 6.07) is 5.59. The quantitative estimate of drug-likeness (QED) is 0.763. The third-order valence-corrected chi connectivity index (χ3v) is 4.85. The van der Waals surface area contributed by atoms with Crippen LogP contribution in [0.2, 0.25) is 0 Å². The number of likely N-dealkylation sites (tertiary alicyclic amines) is 1. The maximum Gasteiger partial charge on any atom is 0.416 e. The number of oxime groups is 1. The monoisotopic (exact) mass is 390 g/mol. The Morgan fingerprint density at radius 3 is 2.87 bits per heavy atom. The van der Waals surface area contributed by atoms with Gasteiger partial charge in [0.2, 0.25) is 0 Å². The van der Waals surface area contributed by atoms with Crippen molar-refractivity contribution < 1.29 is 18.0 Å². The van der Waals surface area contributed by atoms with Crippen molar-refractivity contribution in [2.75, 3.05) is 13.1 Å². The minimum absolute atomic E-state index is 0.0775. The number of hydrogen-bond acceptors (Lipinski definition) is 3. The molecule has 1 aromatic rings. The lowest BCUT2D eigenvalue weighted by Crippen LogP contribution is -2.40. The van der Waals surface area contributed by atoms with Crippen molar-refractivity contribution in [1.29, 1.82) is 0 Å². The fourth-order valence-corrected chi connectivity index (χ4v) is 3.66. The van der Waals surface area contributed by atoms with E-state index in [-0.39, 0.29) is 6.10 Å². The molecule has 0 radical (unpaired) electrons. The molecule has 0 saturated carbocycles. The maximum absolute atomic E-state index is 12.8. The number of rotatable bonds is 3. The second kappa shape index (κ2) is 6.81. The van der Waals surface area contributed by atoms with Gasteiger partial charge >= 0.3 is 6.18 Å². The first-order valence-corrected chi connectivity index (χ1v) is 8.48. The van der Waals surface area contributed by atoms with Gasteiger partial charge in [-0.1, -0.05) is 23.4 Å². The van der Waals surface area contributed by atoms with E-state index >= 15 is 0 Å². The van der Waals surface area contributed by atoms with Crippen LogP contribution in [-0.4, -0.2) is 28.7 Å².